The Hall–Kier alpha value is -2.23. The first-order valence-corrected chi connectivity index (χ1v) is 11.4. The molecule has 0 unspecified atom stereocenters. The van der Waals surface area contributed by atoms with Crippen LogP contribution in [0.2, 0.25) is 5.28 Å². The van der Waals surface area contributed by atoms with Crippen LogP contribution in [-0.2, 0) is 27.7 Å². The van der Waals surface area contributed by atoms with E-state index in [2.05, 4.69) is 26.9 Å². The number of morpholine rings is 1. The van der Waals surface area contributed by atoms with Crippen LogP contribution >= 0.6 is 22.9 Å². The average molecular weight is 464 g/mol. The highest BCUT2D eigenvalue weighted by molar-refractivity contribution is 7.20. The summed E-state index contributed by atoms with van der Waals surface area (Å²) in [5.41, 5.74) is 1.87. The lowest BCUT2D eigenvalue weighted by atomic mass is 10.1. The number of fused-ring (bicyclic) bond motifs is 1. The number of hydrogen-bond acceptors (Lipinski definition) is 8. The normalized spacial score (nSPS) is 17.4. The molecule has 0 saturated carbocycles. The Kier molecular flexibility index (Phi) is 5.93. The van der Waals surface area contributed by atoms with Crippen LogP contribution in [0.3, 0.4) is 0 Å². The third-order valence-corrected chi connectivity index (χ3v) is 6.35. The van der Waals surface area contributed by atoms with Crippen LogP contribution in [0.1, 0.15) is 32.6 Å². The molecule has 31 heavy (non-hydrogen) atoms. The molecule has 0 aromatic carbocycles. The number of ether oxygens (including phenoxy) is 2. The van der Waals surface area contributed by atoms with Crippen molar-refractivity contribution in [3.63, 3.8) is 0 Å². The quantitative estimate of drug-likeness (QED) is 0.429. The molecule has 1 aliphatic heterocycles. The van der Waals surface area contributed by atoms with Crippen LogP contribution < -0.4 is 4.90 Å². The van der Waals surface area contributed by atoms with Gasteiger partial charge in [0.05, 0.1) is 41.6 Å². The van der Waals surface area contributed by atoms with E-state index in [0.29, 0.717) is 19.8 Å². The van der Waals surface area contributed by atoms with Crippen LogP contribution in [0, 0.1) is 0 Å². The first kappa shape index (κ1) is 22.0. The van der Waals surface area contributed by atoms with Crippen molar-refractivity contribution in [1.29, 1.82) is 0 Å². The SMILES string of the molecule is C[C@@H]1COCCN1c1nc(Cl)nc2c(-c3ccnn3C)c(CC(=O)OC(C)(C)C)sc12. The van der Waals surface area contributed by atoms with Crippen molar-refractivity contribution in [2.45, 2.75) is 45.8 Å². The van der Waals surface area contributed by atoms with E-state index in [4.69, 9.17) is 21.1 Å². The third-order valence-electron chi connectivity index (χ3n) is 5.00. The van der Waals surface area contributed by atoms with Crippen molar-refractivity contribution in [3.8, 4) is 11.3 Å². The summed E-state index contributed by atoms with van der Waals surface area (Å²) in [6.45, 7) is 9.64. The number of thiophene rings is 1. The maximum Gasteiger partial charge on any atom is 0.311 e. The highest BCUT2D eigenvalue weighted by Crippen LogP contribution is 2.43. The van der Waals surface area contributed by atoms with Gasteiger partial charge in [0.2, 0.25) is 5.28 Å². The molecule has 0 aliphatic carbocycles. The second-order valence-corrected chi connectivity index (χ2v) is 10.1. The number of aromatic nitrogens is 4. The van der Waals surface area contributed by atoms with Gasteiger partial charge in [0.1, 0.15) is 5.60 Å². The van der Waals surface area contributed by atoms with Gasteiger partial charge in [0, 0.05) is 30.2 Å². The summed E-state index contributed by atoms with van der Waals surface area (Å²) in [5.74, 6) is 0.484. The van der Waals surface area contributed by atoms with E-state index in [-0.39, 0.29) is 23.7 Å². The Labute approximate surface area is 190 Å². The van der Waals surface area contributed by atoms with Crippen LogP contribution in [-0.4, -0.2) is 57.1 Å². The van der Waals surface area contributed by atoms with Gasteiger partial charge in [0.15, 0.2) is 5.82 Å². The number of halogens is 1. The molecular weight excluding hydrogens is 438 g/mol. The minimum Gasteiger partial charge on any atom is -0.460 e. The van der Waals surface area contributed by atoms with Crippen LogP contribution in [0.4, 0.5) is 5.82 Å². The Morgan fingerprint density at radius 2 is 2.16 bits per heavy atom. The number of carbonyl (C=O) groups excluding carboxylic acids is 1. The van der Waals surface area contributed by atoms with Crippen molar-refractivity contribution in [3.05, 3.63) is 22.4 Å². The lowest BCUT2D eigenvalue weighted by Crippen LogP contribution is -2.44. The molecule has 1 aliphatic rings. The maximum absolute atomic E-state index is 12.7. The molecule has 4 heterocycles. The number of aryl methyl sites for hydroxylation is 1. The summed E-state index contributed by atoms with van der Waals surface area (Å²) in [5, 5.41) is 4.48. The van der Waals surface area contributed by atoms with Gasteiger partial charge in [-0.25, -0.2) is 4.98 Å². The van der Waals surface area contributed by atoms with Gasteiger partial charge in [-0.2, -0.15) is 10.1 Å². The summed E-state index contributed by atoms with van der Waals surface area (Å²) in [4.78, 5) is 24.9. The smallest absolute Gasteiger partial charge is 0.311 e. The fourth-order valence-corrected chi connectivity index (χ4v) is 5.14. The first-order chi connectivity index (χ1) is 14.6. The van der Waals surface area contributed by atoms with Crippen LogP contribution in [0.5, 0.6) is 0 Å². The zero-order valence-electron chi connectivity index (χ0n) is 18.3. The zero-order valence-corrected chi connectivity index (χ0v) is 19.9. The first-order valence-electron chi connectivity index (χ1n) is 10.2. The molecule has 1 saturated heterocycles. The fraction of sp³-hybridized carbons (Fsp3) is 0.524. The third kappa shape index (κ3) is 4.53. The summed E-state index contributed by atoms with van der Waals surface area (Å²) in [6.07, 6.45) is 1.86. The Balaban J connectivity index is 1.89. The van der Waals surface area contributed by atoms with Crippen LogP contribution in [0.25, 0.3) is 21.5 Å². The van der Waals surface area contributed by atoms with Gasteiger partial charge in [-0.15, -0.1) is 11.3 Å². The summed E-state index contributed by atoms with van der Waals surface area (Å²) < 4.78 is 13.8. The molecule has 10 heteroatoms. The van der Waals surface area contributed by atoms with Crippen molar-refractivity contribution >= 4 is 44.9 Å². The molecule has 3 aromatic rings. The minimum absolute atomic E-state index is 0.133. The second-order valence-electron chi connectivity index (χ2n) is 8.61. The van der Waals surface area contributed by atoms with Crippen molar-refractivity contribution in [2.24, 2.45) is 7.05 Å². The van der Waals surface area contributed by atoms with Crippen molar-refractivity contribution in [1.82, 2.24) is 19.7 Å². The lowest BCUT2D eigenvalue weighted by molar-refractivity contribution is -0.153. The van der Waals surface area contributed by atoms with Crippen LogP contribution in [0.15, 0.2) is 12.3 Å². The molecule has 0 amide bonds. The number of carbonyl (C=O) groups is 1. The topological polar surface area (TPSA) is 82.4 Å². The summed E-state index contributed by atoms with van der Waals surface area (Å²) in [6, 6.07) is 2.06. The monoisotopic (exact) mass is 463 g/mol. The highest BCUT2D eigenvalue weighted by atomic mass is 35.5. The minimum atomic E-state index is -0.558. The number of anilines is 1. The average Bonchev–Trinajstić information content (AvgIpc) is 3.22. The lowest BCUT2D eigenvalue weighted by Gasteiger charge is -2.34. The van der Waals surface area contributed by atoms with Gasteiger partial charge >= 0.3 is 5.97 Å². The second kappa shape index (κ2) is 8.37. The maximum atomic E-state index is 12.7. The molecule has 1 atom stereocenters. The van der Waals surface area contributed by atoms with E-state index in [1.807, 2.05) is 33.9 Å². The van der Waals surface area contributed by atoms with Gasteiger partial charge < -0.3 is 14.4 Å². The molecule has 0 spiro atoms. The van der Waals surface area contributed by atoms with E-state index in [9.17, 15) is 4.79 Å². The van der Waals surface area contributed by atoms with Crippen molar-refractivity contribution in [2.75, 3.05) is 24.7 Å². The van der Waals surface area contributed by atoms with E-state index < -0.39 is 5.60 Å². The van der Waals surface area contributed by atoms with E-state index in [0.717, 1.165) is 32.2 Å². The molecule has 0 N–H and O–H groups in total. The molecule has 1 fully saturated rings. The molecule has 0 bridgehead atoms. The van der Waals surface area contributed by atoms with E-state index >= 15 is 0 Å². The van der Waals surface area contributed by atoms with E-state index in [1.54, 1.807) is 10.9 Å². The number of esters is 1. The van der Waals surface area contributed by atoms with Gasteiger partial charge in [-0.05, 0) is 45.4 Å². The standard InChI is InChI=1S/C21H26ClN5O3S/c1-12-11-29-9-8-27(12)19-18-17(24-20(22)25-19)16(13-6-7-23-26(13)5)14(31-18)10-15(28)30-21(2,3)4/h6-7,12H,8-11H2,1-5H3/t12-/m1/s1. The fourth-order valence-electron chi connectivity index (χ4n) is 3.73. The van der Waals surface area contributed by atoms with Gasteiger partial charge in [0.25, 0.3) is 0 Å². The Morgan fingerprint density at radius 1 is 1.39 bits per heavy atom. The van der Waals surface area contributed by atoms with Crippen molar-refractivity contribution < 1.29 is 14.3 Å². The molecule has 0 radical (unpaired) electrons. The predicted molar refractivity (Wildman–Crippen MR) is 122 cm³/mol. The molecule has 8 nitrogen and oxygen atoms in total. The molecule has 166 valence electrons. The number of rotatable bonds is 4. The number of nitrogens with zero attached hydrogens (tertiary/aromatic N) is 5. The summed E-state index contributed by atoms with van der Waals surface area (Å²) in [7, 11) is 1.86. The largest absolute Gasteiger partial charge is 0.460 e. The molecule has 4 rings (SSSR count). The molecule has 3 aromatic heterocycles. The summed E-state index contributed by atoms with van der Waals surface area (Å²) >= 11 is 7.88. The molecular formula is C21H26ClN5O3S. The van der Waals surface area contributed by atoms with Gasteiger partial charge in [-0.3, -0.25) is 9.48 Å². The van der Waals surface area contributed by atoms with Gasteiger partial charge in [-0.1, -0.05) is 0 Å². The number of hydrogen-bond donors (Lipinski definition) is 0. The Morgan fingerprint density at radius 3 is 2.81 bits per heavy atom. The van der Waals surface area contributed by atoms with E-state index in [1.165, 1.54) is 11.3 Å². The Bertz CT molecular complexity index is 1120. The highest BCUT2D eigenvalue weighted by Gasteiger charge is 2.29. The predicted octanol–water partition coefficient (Wildman–Crippen LogP) is 3.85. The zero-order chi connectivity index (χ0) is 22.3.